The number of aryl methyl sites for hydroxylation is 1. The van der Waals surface area contributed by atoms with E-state index in [1.54, 1.807) is 0 Å². The van der Waals surface area contributed by atoms with Gasteiger partial charge in [0.1, 0.15) is 5.82 Å². The standard InChI is InChI=1S/C16H23N3O/c1-4-15-18-13-6-5-12(9-14(13)19-15)10-16(20)17-8-7-11(2)3/h5-6,9,11H,4,7-8,10H2,1-3H3,(H,17,20)(H,18,19). The summed E-state index contributed by atoms with van der Waals surface area (Å²) in [6, 6.07) is 5.97. The van der Waals surface area contributed by atoms with Crippen molar-refractivity contribution in [3.05, 3.63) is 29.6 Å². The normalized spacial score (nSPS) is 11.2. The molecule has 4 heteroatoms. The molecule has 1 amide bonds. The fourth-order valence-corrected chi connectivity index (χ4v) is 2.14. The smallest absolute Gasteiger partial charge is 0.224 e. The highest BCUT2D eigenvalue weighted by Crippen LogP contribution is 2.14. The van der Waals surface area contributed by atoms with E-state index in [-0.39, 0.29) is 5.91 Å². The Hall–Kier alpha value is -1.84. The topological polar surface area (TPSA) is 57.8 Å². The molecule has 0 aliphatic carbocycles. The Kier molecular flexibility index (Phi) is 4.77. The molecule has 0 fully saturated rings. The van der Waals surface area contributed by atoms with E-state index < -0.39 is 0 Å². The minimum Gasteiger partial charge on any atom is -0.356 e. The third kappa shape index (κ3) is 3.83. The molecule has 4 nitrogen and oxygen atoms in total. The van der Waals surface area contributed by atoms with Crippen LogP contribution in [0.4, 0.5) is 0 Å². The Morgan fingerprint density at radius 1 is 1.40 bits per heavy atom. The molecule has 20 heavy (non-hydrogen) atoms. The van der Waals surface area contributed by atoms with E-state index in [0.29, 0.717) is 12.3 Å². The van der Waals surface area contributed by atoms with E-state index >= 15 is 0 Å². The van der Waals surface area contributed by atoms with Crippen LogP contribution in [0.25, 0.3) is 11.0 Å². The second-order valence-electron chi connectivity index (χ2n) is 5.60. The van der Waals surface area contributed by atoms with Crippen LogP contribution in [-0.2, 0) is 17.6 Å². The lowest BCUT2D eigenvalue weighted by molar-refractivity contribution is -0.120. The average molecular weight is 273 g/mol. The summed E-state index contributed by atoms with van der Waals surface area (Å²) in [5, 5.41) is 2.96. The molecule has 0 radical (unpaired) electrons. The molecule has 108 valence electrons. The Morgan fingerprint density at radius 2 is 2.20 bits per heavy atom. The molecule has 2 N–H and O–H groups in total. The van der Waals surface area contributed by atoms with Gasteiger partial charge in [0.2, 0.25) is 5.91 Å². The van der Waals surface area contributed by atoms with Crippen molar-refractivity contribution in [3.63, 3.8) is 0 Å². The highest BCUT2D eigenvalue weighted by molar-refractivity contribution is 5.81. The second-order valence-corrected chi connectivity index (χ2v) is 5.60. The van der Waals surface area contributed by atoms with Crippen molar-refractivity contribution < 1.29 is 4.79 Å². The minimum absolute atomic E-state index is 0.0835. The summed E-state index contributed by atoms with van der Waals surface area (Å²) in [7, 11) is 0. The Labute approximate surface area is 120 Å². The monoisotopic (exact) mass is 273 g/mol. The molecule has 1 heterocycles. The van der Waals surface area contributed by atoms with Crippen molar-refractivity contribution in [1.82, 2.24) is 15.3 Å². The summed E-state index contributed by atoms with van der Waals surface area (Å²) in [6.45, 7) is 7.14. The zero-order valence-corrected chi connectivity index (χ0v) is 12.5. The van der Waals surface area contributed by atoms with Crippen molar-refractivity contribution in [1.29, 1.82) is 0 Å². The van der Waals surface area contributed by atoms with Crippen LogP contribution in [0.2, 0.25) is 0 Å². The van der Waals surface area contributed by atoms with Gasteiger partial charge < -0.3 is 10.3 Å². The van der Waals surface area contributed by atoms with E-state index in [9.17, 15) is 4.79 Å². The fraction of sp³-hybridized carbons (Fsp3) is 0.500. The molecule has 0 saturated carbocycles. The highest BCUT2D eigenvalue weighted by Gasteiger charge is 2.06. The molecule has 0 aliphatic heterocycles. The number of carbonyl (C=O) groups is 1. The molecule has 0 aliphatic rings. The van der Waals surface area contributed by atoms with Crippen LogP contribution in [0, 0.1) is 5.92 Å². The number of H-pyrrole nitrogens is 1. The van der Waals surface area contributed by atoms with Gasteiger partial charge in [-0.25, -0.2) is 4.98 Å². The third-order valence-electron chi connectivity index (χ3n) is 3.34. The first-order valence-corrected chi connectivity index (χ1v) is 7.32. The van der Waals surface area contributed by atoms with E-state index in [1.165, 1.54) is 0 Å². The minimum atomic E-state index is 0.0835. The van der Waals surface area contributed by atoms with Gasteiger partial charge in [-0.1, -0.05) is 26.8 Å². The largest absolute Gasteiger partial charge is 0.356 e. The van der Waals surface area contributed by atoms with Crippen molar-refractivity contribution in [2.45, 2.75) is 40.0 Å². The number of aromatic amines is 1. The van der Waals surface area contributed by atoms with Crippen LogP contribution in [0.3, 0.4) is 0 Å². The maximum absolute atomic E-state index is 11.9. The van der Waals surface area contributed by atoms with Crippen molar-refractivity contribution >= 4 is 16.9 Å². The second kappa shape index (κ2) is 6.55. The van der Waals surface area contributed by atoms with Crippen LogP contribution < -0.4 is 5.32 Å². The average Bonchev–Trinajstić information content (AvgIpc) is 2.80. The zero-order valence-electron chi connectivity index (χ0n) is 12.5. The Balaban J connectivity index is 1.97. The number of nitrogens with one attached hydrogen (secondary N) is 2. The molecule has 2 aromatic rings. The molecule has 1 aromatic heterocycles. The number of benzene rings is 1. The first-order chi connectivity index (χ1) is 9.58. The number of rotatable bonds is 6. The summed E-state index contributed by atoms with van der Waals surface area (Å²) in [4.78, 5) is 19.6. The third-order valence-corrected chi connectivity index (χ3v) is 3.34. The van der Waals surface area contributed by atoms with Crippen molar-refractivity contribution in [2.75, 3.05) is 6.54 Å². The Morgan fingerprint density at radius 3 is 2.90 bits per heavy atom. The van der Waals surface area contributed by atoms with Gasteiger partial charge in [-0.2, -0.15) is 0 Å². The van der Waals surface area contributed by atoms with Crippen molar-refractivity contribution in [3.8, 4) is 0 Å². The van der Waals surface area contributed by atoms with Gasteiger partial charge in [0.25, 0.3) is 0 Å². The van der Waals surface area contributed by atoms with Crippen LogP contribution in [-0.4, -0.2) is 22.4 Å². The maximum Gasteiger partial charge on any atom is 0.224 e. The number of aromatic nitrogens is 2. The van der Waals surface area contributed by atoms with Gasteiger partial charge in [0.05, 0.1) is 17.5 Å². The quantitative estimate of drug-likeness (QED) is 0.850. The molecule has 1 aromatic carbocycles. The predicted molar refractivity (Wildman–Crippen MR) is 81.6 cm³/mol. The molecular formula is C16H23N3O. The highest BCUT2D eigenvalue weighted by atomic mass is 16.1. The molecular weight excluding hydrogens is 250 g/mol. The van der Waals surface area contributed by atoms with Crippen LogP contribution in [0.15, 0.2) is 18.2 Å². The van der Waals surface area contributed by atoms with Gasteiger partial charge in [0.15, 0.2) is 0 Å². The number of hydrogen-bond donors (Lipinski definition) is 2. The van der Waals surface area contributed by atoms with E-state index in [0.717, 1.165) is 41.8 Å². The fourth-order valence-electron chi connectivity index (χ4n) is 2.14. The Bertz CT molecular complexity index is 586. The predicted octanol–water partition coefficient (Wildman–Crippen LogP) is 2.83. The van der Waals surface area contributed by atoms with Gasteiger partial charge in [-0.3, -0.25) is 4.79 Å². The lowest BCUT2D eigenvalue weighted by atomic mass is 10.1. The summed E-state index contributed by atoms with van der Waals surface area (Å²) >= 11 is 0. The summed E-state index contributed by atoms with van der Waals surface area (Å²) in [6.07, 6.45) is 2.33. The number of amides is 1. The van der Waals surface area contributed by atoms with Crippen LogP contribution in [0.1, 0.15) is 38.6 Å². The first kappa shape index (κ1) is 14.6. The summed E-state index contributed by atoms with van der Waals surface area (Å²) in [5.74, 6) is 1.68. The van der Waals surface area contributed by atoms with Gasteiger partial charge in [0, 0.05) is 13.0 Å². The molecule has 2 rings (SSSR count). The SMILES string of the molecule is CCc1nc2ccc(CC(=O)NCCC(C)C)cc2[nH]1. The summed E-state index contributed by atoms with van der Waals surface area (Å²) in [5.41, 5.74) is 2.99. The number of carbonyl (C=O) groups excluding carboxylic acids is 1. The van der Waals surface area contributed by atoms with E-state index in [2.05, 4.69) is 36.1 Å². The lowest BCUT2D eigenvalue weighted by Gasteiger charge is -2.07. The van der Waals surface area contributed by atoms with E-state index in [4.69, 9.17) is 0 Å². The van der Waals surface area contributed by atoms with Crippen LogP contribution in [0.5, 0.6) is 0 Å². The van der Waals surface area contributed by atoms with Crippen molar-refractivity contribution in [2.24, 2.45) is 5.92 Å². The maximum atomic E-state index is 11.9. The molecule has 0 spiro atoms. The summed E-state index contributed by atoms with van der Waals surface area (Å²) < 4.78 is 0. The van der Waals surface area contributed by atoms with E-state index in [1.807, 2.05) is 18.2 Å². The number of hydrogen-bond acceptors (Lipinski definition) is 2. The number of nitrogens with zero attached hydrogens (tertiary/aromatic N) is 1. The molecule has 0 bridgehead atoms. The number of imidazole rings is 1. The lowest BCUT2D eigenvalue weighted by Crippen LogP contribution is -2.26. The zero-order chi connectivity index (χ0) is 14.5. The first-order valence-electron chi connectivity index (χ1n) is 7.32. The van der Waals surface area contributed by atoms with Gasteiger partial charge in [-0.05, 0) is 30.0 Å². The molecule has 0 saturated heterocycles. The van der Waals surface area contributed by atoms with Gasteiger partial charge in [-0.15, -0.1) is 0 Å². The molecule has 0 atom stereocenters. The number of fused-ring (bicyclic) bond motifs is 1. The van der Waals surface area contributed by atoms with Gasteiger partial charge >= 0.3 is 0 Å². The molecule has 0 unspecified atom stereocenters. The van der Waals surface area contributed by atoms with Crippen LogP contribution >= 0.6 is 0 Å².